The molecule has 4 heterocycles. The number of aliphatic hydroxyl groups is 1. The fourth-order valence-corrected chi connectivity index (χ4v) is 4.84. The number of halogens is 1. The van der Waals surface area contributed by atoms with Crippen LogP contribution in [0.2, 0.25) is 0 Å². The lowest BCUT2D eigenvalue weighted by molar-refractivity contribution is -0.135. The first kappa shape index (κ1) is 19.9. The van der Waals surface area contributed by atoms with Crippen LogP contribution in [0.3, 0.4) is 0 Å². The molecular weight excluding hydrogens is 429 g/mol. The summed E-state index contributed by atoms with van der Waals surface area (Å²) in [6.07, 6.45) is 1.18. The fourth-order valence-electron chi connectivity index (χ4n) is 4.47. The van der Waals surface area contributed by atoms with E-state index in [1.165, 1.54) is 17.2 Å². The molecule has 1 N–H and O–H groups in total. The highest BCUT2D eigenvalue weighted by Gasteiger charge is 2.45. The Balaban J connectivity index is 1.24. The van der Waals surface area contributed by atoms with E-state index in [1.54, 1.807) is 17.0 Å². The summed E-state index contributed by atoms with van der Waals surface area (Å²) >= 11 is 1.02. The number of hydrogen-bond donors (Lipinski definition) is 1. The van der Waals surface area contributed by atoms with Gasteiger partial charge in [-0.2, -0.15) is 4.37 Å². The van der Waals surface area contributed by atoms with E-state index in [0.29, 0.717) is 30.3 Å². The number of aromatic nitrogens is 2. The zero-order chi connectivity index (χ0) is 21.5. The van der Waals surface area contributed by atoms with Crippen molar-refractivity contribution in [3.05, 3.63) is 30.2 Å². The molecule has 1 aromatic heterocycles. The van der Waals surface area contributed by atoms with Crippen LogP contribution in [-0.4, -0.2) is 81.8 Å². The Morgan fingerprint density at radius 2 is 2.19 bits per heavy atom. The van der Waals surface area contributed by atoms with Crippen LogP contribution < -0.4 is 14.5 Å². The minimum Gasteiger partial charge on any atom is -0.472 e. The van der Waals surface area contributed by atoms with Crippen molar-refractivity contribution in [2.45, 2.75) is 24.6 Å². The quantitative estimate of drug-likeness (QED) is 0.692. The van der Waals surface area contributed by atoms with Gasteiger partial charge in [0.25, 0.3) is 0 Å². The van der Waals surface area contributed by atoms with Crippen molar-refractivity contribution >= 4 is 35.1 Å². The van der Waals surface area contributed by atoms with Gasteiger partial charge in [-0.05, 0) is 24.6 Å². The second-order valence-electron chi connectivity index (χ2n) is 7.71. The Bertz CT molecular complexity index is 992. The van der Waals surface area contributed by atoms with Crippen molar-refractivity contribution in [3.8, 4) is 5.88 Å². The molecule has 31 heavy (non-hydrogen) atoms. The highest BCUT2D eigenvalue weighted by atomic mass is 32.1. The maximum atomic E-state index is 15.0. The first-order chi connectivity index (χ1) is 15.0. The third-order valence-electron chi connectivity index (χ3n) is 5.88. The number of carbonyl (C=O) groups excluding carboxylic acids is 2. The summed E-state index contributed by atoms with van der Waals surface area (Å²) in [6.45, 7) is 0.851. The van der Waals surface area contributed by atoms with Gasteiger partial charge in [-0.3, -0.25) is 9.69 Å². The first-order valence-electron chi connectivity index (χ1n) is 9.88. The van der Waals surface area contributed by atoms with E-state index in [4.69, 9.17) is 14.6 Å². The molecule has 1 aromatic carbocycles. The molecule has 3 fully saturated rings. The number of cyclic esters (lactones) is 1. The normalized spacial score (nSPS) is 24.8. The van der Waals surface area contributed by atoms with E-state index >= 15 is 0 Å². The molecule has 3 aliphatic heterocycles. The molecule has 12 heteroatoms. The van der Waals surface area contributed by atoms with Crippen LogP contribution in [0.25, 0.3) is 0 Å². The number of piperazine rings is 1. The predicted molar refractivity (Wildman–Crippen MR) is 108 cm³/mol. The molecule has 5 rings (SSSR count). The van der Waals surface area contributed by atoms with Gasteiger partial charge in [-0.15, -0.1) is 4.37 Å². The lowest BCUT2D eigenvalue weighted by atomic mass is 10.2. The summed E-state index contributed by atoms with van der Waals surface area (Å²) < 4.78 is 33.5. The number of amides is 2. The summed E-state index contributed by atoms with van der Waals surface area (Å²) in [5.74, 6) is -0.361. The predicted octanol–water partition coefficient (Wildman–Crippen LogP) is 0.863. The van der Waals surface area contributed by atoms with Gasteiger partial charge in [0.2, 0.25) is 11.8 Å². The second-order valence-corrected chi connectivity index (χ2v) is 8.27. The Hall–Kier alpha value is -2.99. The SMILES string of the molecule is O=C1OC(COc2cnsn2)CN1c1ccc(N2CC3CC2CN3C(=O)CO)c(F)c1. The van der Waals surface area contributed by atoms with Crippen molar-refractivity contribution in [2.24, 2.45) is 0 Å². The van der Waals surface area contributed by atoms with E-state index in [0.717, 1.165) is 18.1 Å². The van der Waals surface area contributed by atoms with Crippen molar-refractivity contribution in [1.82, 2.24) is 13.6 Å². The molecular formula is C19H20FN5O5S. The minimum atomic E-state index is -0.560. The van der Waals surface area contributed by atoms with Crippen LogP contribution in [0.4, 0.5) is 20.6 Å². The van der Waals surface area contributed by atoms with E-state index in [9.17, 15) is 14.0 Å². The number of fused-ring (bicyclic) bond motifs is 2. The number of rotatable bonds is 6. The monoisotopic (exact) mass is 449 g/mol. The van der Waals surface area contributed by atoms with E-state index in [1.807, 2.05) is 4.90 Å². The highest BCUT2D eigenvalue weighted by Crippen LogP contribution is 2.37. The fraction of sp³-hybridized carbons (Fsp3) is 0.474. The summed E-state index contributed by atoms with van der Waals surface area (Å²) in [5.41, 5.74) is 0.848. The van der Waals surface area contributed by atoms with Crippen molar-refractivity contribution < 1.29 is 28.6 Å². The van der Waals surface area contributed by atoms with Crippen LogP contribution >= 0.6 is 11.7 Å². The standard InChI is InChI=1S/C19H20FN5O5S/c20-15-4-11(25-8-14(30-19(25)28)10-29-17-5-21-31-22-17)1-2-16(15)23-6-13-3-12(23)7-24(13)18(27)9-26/h1-2,4-5,12-14,26H,3,6-10H2. The van der Waals surface area contributed by atoms with Crippen molar-refractivity contribution in [2.75, 3.05) is 42.6 Å². The van der Waals surface area contributed by atoms with Gasteiger partial charge < -0.3 is 24.4 Å². The van der Waals surface area contributed by atoms with Crippen molar-refractivity contribution in [1.29, 1.82) is 0 Å². The molecule has 3 aliphatic rings. The Morgan fingerprint density at radius 3 is 2.87 bits per heavy atom. The third-order valence-corrected chi connectivity index (χ3v) is 6.34. The van der Waals surface area contributed by atoms with Gasteiger partial charge >= 0.3 is 6.09 Å². The van der Waals surface area contributed by atoms with Gasteiger partial charge in [0.1, 0.15) is 25.2 Å². The first-order valence-corrected chi connectivity index (χ1v) is 10.6. The largest absolute Gasteiger partial charge is 0.472 e. The van der Waals surface area contributed by atoms with Crippen LogP contribution in [0.15, 0.2) is 24.4 Å². The highest BCUT2D eigenvalue weighted by molar-refractivity contribution is 6.99. The van der Waals surface area contributed by atoms with Gasteiger partial charge in [0.05, 0.1) is 35.7 Å². The summed E-state index contributed by atoms with van der Waals surface area (Å²) in [6, 6.07) is 4.66. The molecule has 3 saturated heterocycles. The van der Waals surface area contributed by atoms with Crippen molar-refractivity contribution in [3.63, 3.8) is 0 Å². The molecule has 10 nitrogen and oxygen atoms in total. The Labute approximate surface area is 181 Å². The zero-order valence-electron chi connectivity index (χ0n) is 16.4. The molecule has 0 spiro atoms. The number of aliphatic hydroxyl groups excluding tert-OH is 1. The molecule has 3 unspecified atom stereocenters. The number of anilines is 2. The summed E-state index contributed by atoms with van der Waals surface area (Å²) in [5, 5.41) is 9.09. The van der Waals surface area contributed by atoms with E-state index < -0.39 is 24.6 Å². The van der Waals surface area contributed by atoms with Crippen LogP contribution in [0.1, 0.15) is 6.42 Å². The van der Waals surface area contributed by atoms with Crippen LogP contribution in [0, 0.1) is 5.82 Å². The Kier molecular flexibility index (Phi) is 5.10. The average Bonchev–Trinajstić information content (AvgIpc) is 3.55. The van der Waals surface area contributed by atoms with Gasteiger partial charge in [0.15, 0.2) is 6.10 Å². The molecule has 0 saturated carbocycles. The topological polar surface area (TPSA) is 108 Å². The molecule has 2 bridgehead atoms. The van der Waals surface area contributed by atoms with Crippen LogP contribution in [-0.2, 0) is 9.53 Å². The summed E-state index contributed by atoms with van der Waals surface area (Å²) in [7, 11) is 0. The molecule has 2 amide bonds. The number of ether oxygens (including phenoxy) is 2. The minimum absolute atomic E-state index is 0.0133. The summed E-state index contributed by atoms with van der Waals surface area (Å²) in [4.78, 5) is 29.0. The maximum Gasteiger partial charge on any atom is 0.414 e. The molecule has 0 radical (unpaired) electrons. The lowest BCUT2D eigenvalue weighted by Crippen LogP contribution is -2.49. The average molecular weight is 449 g/mol. The van der Waals surface area contributed by atoms with Gasteiger partial charge in [-0.25, -0.2) is 9.18 Å². The number of hydrogen-bond acceptors (Lipinski definition) is 9. The third kappa shape index (κ3) is 3.65. The zero-order valence-corrected chi connectivity index (χ0v) is 17.2. The molecule has 2 aromatic rings. The smallest absolute Gasteiger partial charge is 0.414 e. The number of benzene rings is 1. The Morgan fingerprint density at radius 1 is 1.32 bits per heavy atom. The van der Waals surface area contributed by atoms with Gasteiger partial charge in [0, 0.05) is 19.1 Å². The lowest BCUT2D eigenvalue weighted by Gasteiger charge is -2.35. The molecule has 164 valence electrons. The molecule has 3 atom stereocenters. The number of carbonyl (C=O) groups is 2. The number of likely N-dealkylation sites (tertiary alicyclic amines) is 1. The van der Waals surface area contributed by atoms with E-state index in [-0.39, 0.29) is 31.1 Å². The number of nitrogens with zero attached hydrogens (tertiary/aromatic N) is 5. The van der Waals surface area contributed by atoms with Gasteiger partial charge in [-0.1, -0.05) is 0 Å². The molecule has 0 aliphatic carbocycles. The maximum absolute atomic E-state index is 15.0. The second kappa shape index (κ2) is 7.93. The van der Waals surface area contributed by atoms with Crippen LogP contribution in [0.5, 0.6) is 5.88 Å². The van der Waals surface area contributed by atoms with E-state index in [2.05, 4.69) is 8.75 Å².